The largest absolute Gasteiger partial charge is 0.444 e. The molecule has 2 aliphatic heterocycles. The van der Waals surface area contributed by atoms with E-state index in [9.17, 15) is 4.79 Å². The van der Waals surface area contributed by atoms with Gasteiger partial charge in [0.1, 0.15) is 11.2 Å². The zero-order valence-corrected chi connectivity index (χ0v) is 12.8. The molecule has 0 aromatic carbocycles. The lowest BCUT2D eigenvalue weighted by molar-refractivity contribution is -0.188. The van der Waals surface area contributed by atoms with Gasteiger partial charge in [-0.3, -0.25) is 0 Å². The van der Waals surface area contributed by atoms with Crippen molar-refractivity contribution in [1.82, 2.24) is 10.2 Å². The number of rotatable bonds is 1. The van der Waals surface area contributed by atoms with Crippen LogP contribution >= 0.6 is 0 Å². The minimum absolute atomic E-state index is 0.166. The van der Waals surface area contributed by atoms with Crippen molar-refractivity contribution >= 4 is 6.09 Å². The second-order valence-corrected chi connectivity index (χ2v) is 7.37. The normalized spacial score (nSPS) is 29.8. The quantitative estimate of drug-likeness (QED) is 0.796. The zero-order valence-electron chi connectivity index (χ0n) is 12.8. The molecule has 1 saturated carbocycles. The molecule has 1 spiro atoms. The molecule has 2 heterocycles. The van der Waals surface area contributed by atoms with Crippen molar-refractivity contribution < 1.29 is 14.3 Å². The molecule has 0 radical (unpaired) electrons. The summed E-state index contributed by atoms with van der Waals surface area (Å²) in [6.07, 6.45) is 3.68. The summed E-state index contributed by atoms with van der Waals surface area (Å²) in [6, 6.07) is 0.406. The lowest BCUT2D eigenvalue weighted by Gasteiger charge is -2.58. The number of nitrogens with one attached hydrogen (secondary N) is 1. The fourth-order valence-electron chi connectivity index (χ4n) is 3.46. The topological polar surface area (TPSA) is 50.8 Å². The van der Waals surface area contributed by atoms with Gasteiger partial charge in [0.15, 0.2) is 0 Å². The predicted molar refractivity (Wildman–Crippen MR) is 75.6 cm³/mol. The first-order chi connectivity index (χ1) is 9.40. The number of morpholine rings is 1. The monoisotopic (exact) mass is 282 g/mol. The number of nitrogens with zero attached hydrogens (tertiary/aromatic N) is 1. The van der Waals surface area contributed by atoms with Crippen LogP contribution < -0.4 is 5.32 Å². The Labute approximate surface area is 121 Å². The summed E-state index contributed by atoms with van der Waals surface area (Å²) in [5.74, 6) is 0.719. The first-order valence-corrected chi connectivity index (χ1v) is 7.75. The number of hydrogen-bond acceptors (Lipinski definition) is 4. The van der Waals surface area contributed by atoms with E-state index >= 15 is 0 Å². The number of hydrogen-bond donors (Lipinski definition) is 1. The van der Waals surface area contributed by atoms with Crippen LogP contribution in [0.1, 0.15) is 40.0 Å². The molecule has 1 unspecified atom stereocenters. The highest BCUT2D eigenvalue weighted by Crippen LogP contribution is 2.41. The summed E-state index contributed by atoms with van der Waals surface area (Å²) in [5.41, 5.74) is -0.598. The number of carbonyl (C=O) groups excluding carboxylic acids is 1. The van der Waals surface area contributed by atoms with Crippen LogP contribution in [-0.4, -0.2) is 54.5 Å². The van der Waals surface area contributed by atoms with Gasteiger partial charge in [-0.1, -0.05) is 6.42 Å². The van der Waals surface area contributed by atoms with Crippen molar-refractivity contribution in [1.29, 1.82) is 0 Å². The summed E-state index contributed by atoms with van der Waals surface area (Å²) in [4.78, 5) is 13.8. The summed E-state index contributed by atoms with van der Waals surface area (Å²) >= 11 is 0. The van der Waals surface area contributed by atoms with Crippen LogP contribution in [0.2, 0.25) is 0 Å². The molecule has 2 saturated heterocycles. The summed E-state index contributed by atoms with van der Waals surface area (Å²) < 4.78 is 11.5. The van der Waals surface area contributed by atoms with Crippen molar-refractivity contribution in [2.24, 2.45) is 5.92 Å². The first kappa shape index (κ1) is 14.1. The summed E-state index contributed by atoms with van der Waals surface area (Å²) in [6.45, 7) is 8.69. The molecule has 1 atom stereocenters. The highest BCUT2D eigenvalue weighted by atomic mass is 16.6. The van der Waals surface area contributed by atoms with Crippen LogP contribution in [0.4, 0.5) is 4.79 Å². The Bertz CT molecular complexity index is 381. The van der Waals surface area contributed by atoms with Gasteiger partial charge >= 0.3 is 6.09 Å². The number of ether oxygens (including phenoxy) is 2. The third-order valence-electron chi connectivity index (χ3n) is 4.61. The molecule has 5 nitrogen and oxygen atoms in total. The van der Waals surface area contributed by atoms with E-state index < -0.39 is 5.60 Å². The van der Waals surface area contributed by atoms with Gasteiger partial charge in [-0.05, 0) is 39.5 Å². The van der Waals surface area contributed by atoms with Gasteiger partial charge in [-0.25, -0.2) is 4.79 Å². The van der Waals surface area contributed by atoms with Gasteiger partial charge in [0.05, 0.1) is 19.7 Å². The Balaban J connectivity index is 1.60. The SMILES string of the molecule is CC(C)(C)OC(=O)N1CC2(C1)OCCNC2C1CCC1. The third-order valence-corrected chi connectivity index (χ3v) is 4.61. The lowest BCUT2D eigenvalue weighted by Crippen LogP contribution is -2.77. The van der Waals surface area contributed by atoms with Crippen molar-refractivity contribution in [3.8, 4) is 0 Å². The Morgan fingerprint density at radius 1 is 1.35 bits per heavy atom. The maximum atomic E-state index is 12.1. The minimum atomic E-state index is -0.432. The fraction of sp³-hybridized carbons (Fsp3) is 0.933. The molecule has 0 aromatic rings. The second-order valence-electron chi connectivity index (χ2n) is 7.37. The molecule has 1 aliphatic carbocycles. The molecule has 0 aromatic heterocycles. The van der Waals surface area contributed by atoms with Crippen LogP contribution in [0, 0.1) is 5.92 Å². The van der Waals surface area contributed by atoms with Gasteiger partial charge in [0.2, 0.25) is 0 Å². The van der Waals surface area contributed by atoms with Crippen molar-refractivity contribution in [2.75, 3.05) is 26.2 Å². The van der Waals surface area contributed by atoms with E-state index in [1.54, 1.807) is 4.90 Å². The standard InChI is InChI=1S/C15H26N2O3/c1-14(2,3)20-13(18)17-9-15(10-17)12(11-5-4-6-11)16-7-8-19-15/h11-12,16H,4-10H2,1-3H3. The van der Waals surface area contributed by atoms with Crippen molar-refractivity contribution in [2.45, 2.75) is 57.3 Å². The van der Waals surface area contributed by atoms with Gasteiger partial charge in [-0.2, -0.15) is 0 Å². The minimum Gasteiger partial charge on any atom is -0.444 e. The van der Waals surface area contributed by atoms with E-state index in [4.69, 9.17) is 9.47 Å². The van der Waals surface area contributed by atoms with Crippen molar-refractivity contribution in [3.05, 3.63) is 0 Å². The molecule has 114 valence electrons. The summed E-state index contributed by atoms with van der Waals surface area (Å²) in [7, 11) is 0. The number of amides is 1. The van der Waals surface area contributed by atoms with E-state index in [0.717, 1.165) is 19.1 Å². The third kappa shape index (κ3) is 2.53. The van der Waals surface area contributed by atoms with Crippen LogP contribution in [-0.2, 0) is 9.47 Å². The summed E-state index contributed by atoms with van der Waals surface area (Å²) in [5, 5.41) is 3.62. The van der Waals surface area contributed by atoms with Crippen LogP contribution in [0.25, 0.3) is 0 Å². The van der Waals surface area contributed by atoms with E-state index in [1.165, 1.54) is 19.3 Å². The molecule has 1 amide bonds. The van der Waals surface area contributed by atoms with Crippen LogP contribution in [0.5, 0.6) is 0 Å². The zero-order chi connectivity index (χ0) is 14.4. The fourth-order valence-corrected chi connectivity index (χ4v) is 3.46. The lowest BCUT2D eigenvalue weighted by atomic mass is 9.69. The molecule has 1 N–H and O–H groups in total. The maximum Gasteiger partial charge on any atom is 0.410 e. The molecule has 3 fully saturated rings. The van der Waals surface area contributed by atoms with E-state index in [0.29, 0.717) is 19.1 Å². The first-order valence-electron chi connectivity index (χ1n) is 7.75. The molecule has 3 rings (SSSR count). The molecule has 3 aliphatic rings. The molecule has 0 bridgehead atoms. The van der Waals surface area contributed by atoms with Crippen LogP contribution in [0.3, 0.4) is 0 Å². The van der Waals surface area contributed by atoms with Gasteiger partial charge in [0.25, 0.3) is 0 Å². The van der Waals surface area contributed by atoms with Gasteiger partial charge < -0.3 is 19.7 Å². The Morgan fingerprint density at radius 3 is 2.60 bits per heavy atom. The number of likely N-dealkylation sites (tertiary alicyclic amines) is 1. The Kier molecular flexibility index (Phi) is 3.45. The van der Waals surface area contributed by atoms with Gasteiger partial charge in [-0.15, -0.1) is 0 Å². The molecular weight excluding hydrogens is 256 g/mol. The smallest absolute Gasteiger partial charge is 0.410 e. The van der Waals surface area contributed by atoms with E-state index in [2.05, 4.69) is 5.32 Å². The average molecular weight is 282 g/mol. The average Bonchev–Trinajstić information content (AvgIpc) is 2.22. The van der Waals surface area contributed by atoms with Gasteiger partial charge in [0, 0.05) is 12.6 Å². The van der Waals surface area contributed by atoms with Crippen LogP contribution in [0.15, 0.2) is 0 Å². The molecular formula is C15H26N2O3. The number of carbonyl (C=O) groups is 1. The Morgan fingerprint density at radius 2 is 2.05 bits per heavy atom. The maximum absolute atomic E-state index is 12.1. The highest BCUT2D eigenvalue weighted by molar-refractivity contribution is 5.69. The highest BCUT2D eigenvalue weighted by Gasteiger charge is 2.56. The molecule has 20 heavy (non-hydrogen) atoms. The second kappa shape index (κ2) is 4.88. The van der Waals surface area contributed by atoms with E-state index in [1.807, 2.05) is 20.8 Å². The van der Waals surface area contributed by atoms with E-state index in [-0.39, 0.29) is 11.7 Å². The van der Waals surface area contributed by atoms with Crippen molar-refractivity contribution in [3.63, 3.8) is 0 Å². The Hall–Kier alpha value is -0.810. The predicted octanol–water partition coefficient (Wildman–Crippen LogP) is 1.76. The molecule has 5 heteroatoms.